The van der Waals surface area contributed by atoms with Crippen molar-refractivity contribution in [1.82, 2.24) is 4.57 Å². The fourth-order valence-corrected chi connectivity index (χ4v) is 4.89. The Labute approximate surface area is 167 Å². The van der Waals surface area contributed by atoms with Crippen molar-refractivity contribution in [2.75, 3.05) is 7.11 Å². The van der Waals surface area contributed by atoms with Crippen LogP contribution in [0.2, 0.25) is 4.34 Å². The maximum atomic E-state index is 12.5. The predicted octanol–water partition coefficient (Wildman–Crippen LogP) is 4.49. The van der Waals surface area contributed by atoms with Gasteiger partial charge in [-0.25, -0.2) is 0 Å². The molecule has 2 heterocycles. The molecule has 2 aromatic carbocycles. The van der Waals surface area contributed by atoms with Crippen LogP contribution in [0, 0.1) is 0 Å². The van der Waals surface area contributed by atoms with Crippen LogP contribution in [0.3, 0.4) is 0 Å². The van der Waals surface area contributed by atoms with Crippen LogP contribution in [-0.4, -0.2) is 23.6 Å². The second kappa shape index (κ2) is 7.26. The number of thiophene rings is 1. The van der Waals surface area contributed by atoms with Crippen molar-refractivity contribution in [2.24, 2.45) is 4.99 Å². The van der Waals surface area contributed by atoms with Crippen molar-refractivity contribution in [3.8, 4) is 0 Å². The molecule has 0 aliphatic rings. The van der Waals surface area contributed by atoms with E-state index >= 15 is 0 Å². The van der Waals surface area contributed by atoms with Gasteiger partial charge in [0, 0.05) is 5.39 Å². The van der Waals surface area contributed by atoms with Crippen LogP contribution in [-0.2, 0) is 16.1 Å². The number of nitrogens with zero attached hydrogens (tertiary/aromatic N) is 2. The Kier molecular flexibility index (Phi) is 4.82. The largest absolute Gasteiger partial charge is 0.468 e. The van der Waals surface area contributed by atoms with Gasteiger partial charge in [0.05, 0.1) is 26.5 Å². The number of rotatable bonds is 3. The normalized spacial score (nSPS) is 12.0. The van der Waals surface area contributed by atoms with Crippen molar-refractivity contribution in [1.29, 1.82) is 0 Å². The van der Waals surface area contributed by atoms with Gasteiger partial charge in [-0.3, -0.25) is 9.59 Å². The van der Waals surface area contributed by atoms with Gasteiger partial charge in [-0.05, 0) is 23.6 Å². The van der Waals surface area contributed by atoms with Crippen molar-refractivity contribution >= 4 is 67.1 Å². The molecule has 0 bridgehead atoms. The Balaban J connectivity index is 1.96. The lowest BCUT2D eigenvalue weighted by Gasteiger charge is -2.04. The van der Waals surface area contributed by atoms with Gasteiger partial charge in [0.1, 0.15) is 6.54 Å². The molecule has 0 aliphatic carbocycles. The molecular formula is C19H13ClN2O3S2. The summed E-state index contributed by atoms with van der Waals surface area (Å²) < 4.78 is 8.02. The summed E-state index contributed by atoms with van der Waals surface area (Å²) >= 11 is 8.47. The summed E-state index contributed by atoms with van der Waals surface area (Å²) in [5, 5.41) is 2.13. The third-order valence-electron chi connectivity index (χ3n) is 4.07. The molecule has 0 N–H and O–H groups in total. The number of carbonyl (C=O) groups excluding carboxylic acids is 2. The predicted molar refractivity (Wildman–Crippen MR) is 109 cm³/mol. The molecule has 5 nitrogen and oxygen atoms in total. The summed E-state index contributed by atoms with van der Waals surface area (Å²) in [5.74, 6) is -0.794. The van der Waals surface area contributed by atoms with E-state index in [4.69, 9.17) is 16.3 Å². The van der Waals surface area contributed by atoms with E-state index in [1.165, 1.54) is 29.8 Å². The molecule has 0 unspecified atom stereocenters. The zero-order valence-corrected chi connectivity index (χ0v) is 16.5. The third kappa shape index (κ3) is 3.41. The Morgan fingerprint density at radius 3 is 2.67 bits per heavy atom. The lowest BCUT2D eigenvalue weighted by molar-refractivity contribution is -0.141. The summed E-state index contributed by atoms with van der Waals surface area (Å²) in [6.45, 7) is -0.0217. The maximum absolute atomic E-state index is 12.5. The smallest absolute Gasteiger partial charge is 0.325 e. The molecule has 2 aromatic heterocycles. The molecule has 0 aliphatic heterocycles. The summed E-state index contributed by atoms with van der Waals surface area (Å²) in [4.78, 5) is 29.6. The van der Waals surface area contributed by atoms with Gasteiger partial charge in [0.2, 0.25) is 0 Å². The molecule has 27 heavy (non-hydrogen) atoms. The van der Waals surface area contributed by atoms with Gasteiger partial charge >= 0.3 is 5.97 Å². The summed E-state index contributed by atoms with van der Waals surface area (Å²) in [6, 6.07) is 15.2. The van der Waals surface area contributed by atoms with E-state index in [1.54, 1.807) is 16.7 Å². The van der Waals surface area contributed by atoms with E-state index in [-0.39, 0.29) is 12.5 Å². The average molecular weight is 417 g/mol. The highest BCUT2D eigenvalue weighted by molar-refractivity contribution is 7.18. The molecule has 4 aromatic rings. The first-order valence-electron chi connectivity index (χ1n) is 7.99. The number of aromatic nitrogens is 1. The first kappa shape index (κ1) is 17.9. The molecule has 0 saturated heterocycles. The Morgan fingerprint density at radius 1 is 1.11 bits per heavy atom. The number of methoxy groups -OCH3 is 1. The van der Waals surface area contributed by atoms with Crippen molar-refractivity contribution in [2.45, 2.75) is 6.54 Å². The zero-order valence-electron chi connectivity index (χ0n) is 14.1. The van der Waals surface area contributed by atoms with Gasteiger partial charge in [-0.2, -0.15) is 4.99 Å². The standard InChI is InChI=1S/C19H13ClN2O3S2/c1-25-16(23)10-22-13-7-6-11-4-2-3-5-12(11)17(13)27-19(22)21-18(24)14-8-9-15(20)26-14/h2-9H,10H2,1H3. The minimum atomic E-state index is -0.407. The average Bonchev–Trinajstić information content (AvgIpc) is 3.26. The topological polar surface area (TPSA) is 60.7 Å². The molecular weight excluding hydrogens is 404 g/mol. The second-order valence-corrected chi connectivity index (χ2v) is 8.40. The molecule has 0 spiro atoms. The molecule has 8 heteroatoms. The second-order valence-electron chi connectivity index (χ2n) is 5.70. The molecule has 0 fully saturated rings. The summed E-state index contributed by atoms with van der Waals surface area (Å²) in [5.41, 5.74) is 0.833. The van der Waals surface area contributed by atoms with Crippen molar-refractivity contribution in [3.63, 3.8) is 0 Å². The minimum absolute atomic E-state index is 0.0217. The third-order valence-corrected chi connectivity index (χ3v) is 6.42. The number of ether oxygens (including phenoxy) is 1. The number of benzene rings is 2. The van der Waals surface area contributed by atoms with E-state index in [0.717, 1.165) is 21.0 Å². The van der Waals surface area contributed by atoms with E-state index in [2.05, 4.69) is 4.99 Å². The fraction of sp³-hybridized carbons (Fsp3) is 0.105. The zero-order chi connectivity index (χ0) is 19.0. The molecule has 1 amide bonds. The van der Waals surface area contributed by atoms with E-state index in [9.17, 15) is 9.59 Å². The molecule has 0 atom stereocenters. The number of esters is 1. The number of carbonyl (C=O) groups is 2. The number of thiazole rings is 1. The molecule has 4 rings (SSSR count). The van der Waals surface area contributed by atoms with Crippen LogP contribution in [0.5, 0.6) is 0 Å². The van der Waals surface area contributed by atoms with Crippen molar-refractivity contribution < 1.29 is 14.3 Å². The van der Waals surface area contributed by atoms with Crippen LogP contribution >= 0.6 is 34.3 Å². The highest BCUT2D eigenvalue weighted by Gasteiger charge is 2.15. The number of hydrogen-bond acceptors (Lipinski definition) is 5. The highest BCUT2D eigenvalue weighted by Crippen LogP contribution is 2.28. The first-order chi connectivity index (χ1) is 13.1. The van der Waals surface area contributed by atoms with Gasteiger partial charge in [0.25, 0.3) is 5.91 Å². The number of halogens is 1. The molecule has 136 valence electrons. The van der Waals surface area contributed by atoms with Crippen LogP contribution in [0.15, 0.2) is 53.5 Å². The van der Waals surface area contributed by atoms with E-state index < -0.39 is 5.97 Å². The monoisotopic (exact) mass is 416 g/mol. The van der Waals surface area contributed by atoms with Gasteiger partial charge < -0.3 is 9.30 Å². The Morgan fingerprint density at radius 2 is 1.93 bits per heavy atom. The highest BCUT2D eigenvalue weighted by atomic mass is 35.5. The lowest BCUT2D eigenvalue weighted by Crippen LogP contribution is -2.22. The van der Waals surface area contributed by atoms with Crippen LogP contribution in [0.1, 0.15) is 9.67 Å². The fourth-order valence-electron chi connectivity index (χ4n) is 2.80. The Bertz CT molecular complexity index is 1250. The van der Waals surface area contributed by atoms with Crippen LogP contribution in [0.4, 0.5) is 0 Å². The number of hydrogen-bond donors (Lipinski definition) is 0. The van der Waals surface area contributed by atoms with Gasteiger partial charge in [-0.1, -0.05) is 53.3 Å². The lowest BCUT2D eigenvalue weighted by atomic mass is 10.1. The maximum Gasteiger partial charge on any atom is 0.325 e. The van der Waals surface area contributed by atoms with Crippen molar-refractivity contribution in [3.05, 3.63) is 62.5 Å². The molecule has 0 saturated carbocycles. The van der Waals surface area contributed by atoms with Gasteiger partial charge in [-0.15, -0.1) is 11.3 Å². The van der Waals surface area contributed by atoms with Crippen LogP contribution < -0.4 is 4.80 Å². The van der Waals surface area contributed by atoms with E-state index in [1.807, 2.05) is 36.4 Å². The first-order valence-corrected chi connectivity index (χ1v) is 10.00. The minimum Gasteiger partial charge on any atom is -0.468 e. The number of amides is 1. The van der Waals surface area contributed by atoms with E-state index in [0.29, 0.717) is 14.0 Å². The Hall–Kier alpha value is -2.48. The molecule has 0 radical (unpaired) electrons. The summed E-state index contributed by atoms with van der Waals surface area (Å²) in [7, 11) is 1.34. The SMILES string of the molecule is COC(=O)Cn1c(=NC(=O)c2ccc(Cl)s2)sc2c3ccccc3ccc21. The van der Waals surface area contributed by atoms with Gasteiger partial charge in [0.15, 0.2) is 4.80 Å². The number of fused-ring (bicyclic) bond motifs is 3. The van der Waals surface area contributed by atoms with Crippen LogP contribution in [0.25, 0.3) is 21.0 Å². The summed E-state index contributed by atoms with van der Waals surface area (Å²) in [6.07, 6.45) is 0. The quantitative estimate of drug-likeness (QED) is 0.462.